The molecule has 0 saturated heterocycles. The van der Waals surface area contributed by atoms with Crippen LogP contribution in [0.25, 0.3) is 22.6 Å². The molecule has 0 amide bonds. The van der Waals surface area contributed by atoms with E-state index in [1.165, 1.54) is 12.4 Å². The van der Waals surface area contributed by atoms with Gasteiger partial charge in [-0.25, -0.2) is 4.98 Å². The normalized spacial score (nSPS) is 19.3. The van der Waals surface area contributed by atoms with E-state index in [1.807, 2.05) is 16.8 Å². The summed E-state index contributed by atoms with van der Waals surface area (Å²) in [6.07, 6.45) is 2.08. The van der Waals surface area contributed by atoms with E-state index in [4.69, 9.17) is 22.1 Å². The number of alkyl halides is 3. The fourth-order valence-electron chi connectivity index (χ4n) is 4.93. The van der Waals surface area contributed by atoms with Gasteiger partial charge in [-0.2, -0.15) is 13.2 Å². The van der Waals surface area contributed by atoms with Gasteiger partial charge < -0.3 is 24.9 Å². The van der Waals surface area contributed by atoms with Gasteiger partial charge >= 0.3 is 6.18 Å². The van der Waals surface area contributed by atoms with Crippen LogP contribution >= 0.6 is 11.6 Å². The second-order valence-corrected chi connectivity index (χ2v) is 9.56. The minimum atomic E-state index is -4.41. The molecule has 1 fully saturated rings. The largest absolute Gasteiger partial charge is 0.404 e. The molecule has 9 nitrogen and oxygen atoms in total. The zero-order valence-electron chi connectivity index (χ0n) is 20.3. The lowest BCUT2D eigenvalue weighted by molar-refractivity contribution is -0.216. The maximum atomic E-state index is 14.2. The Kier molecular flexibility index (Phi) is 6.48. The zero-order chi connectivity index (χ0) is 26.4. The van der Waals surface area contributed by atoms with Crippen LogP contribution in [0, 0.1) is 0 Å². The van der Waals surface area contributed by atoms with Crippen LogP contribution in [0.1, 0.15) is 25.1 Å². The number of amidine groups is 1. The zero-order valence-corrected chi connectivity index (χ0v) is 21.0. The number of halogens is 4. The summed E-state index contributed by atoms with van der Waals surface area (Å²) in [7, 11) is 3.17. The lowest BCUT2D eigenvalue weighted by Gasteiger charge is -2.42. The summed E-state index contributed by atoms with van der Waals surface area (Å²) < 4.78 is 51.7. The molecule has 0 aromatic carbocycles. The van der Waals surface area contributed by atoms with E-state index in [-0.39, 0.29) is 31.3 Å². The van der Waals surface area contributed by atoms with Crippen LogP contribution in [0.3, 0.4) is 0 Å². The molecule has 13 heteroatoms. The molecule has 0 spiro atoms. The Hall–Kier alpha value is -3.38. The molecular weight excluding hydrogens is 509 g/mol. The smallest absolute Gasteiger partial charge is 0.401 e. The number of nitrogens with two attached hydrogens (primary N) is 1. The van der Waals surface area contributed by atoms with E-state index in [0.29, 0.717) is 46.7 Å². The van der Waals surface area contributed by atoms with Crippen LogP contribution in [0.2, 0.25) is 5.02 Å². The number of hydrogen-bond acceptors (Lipinski definition) is 6. The van der Waals surface area contributed by atoms with E-state index in [0.717, 1.165) is 5.56 Å². The topological polar surface area (TPSA) is 108 Å². The van der Waals surface area contributed by atoms with Crippen molar-refractivity contribution in [3.8, 4) is 22.6 Å². The second kappa shape index (κ2) is 9.49. The number of aliphatic imine (C=N–C) groups is 1. The maximum Gasteiger partial charge on any atom is 0.401 e. The van der Waals surface area contributed by atoms with Crippen LogP contribution in [0.15, 0.2) is 41.8 Å². The average molecular weight is 535 g/mol. The Balaban J connectivity index is 1.59. The van der Waals surface area contributed by atoms with Crippen molar-refractivity contribution < 1.29 is 17.9 Å². The van der Waals surface area contributed by atoms with E-state index in [2.05, 4.69) is 25.5 Å². The number of nitrogens with zero attached hydrogens (tertiary/aromatic N) is 6. The molecule has 196 valence electrons. The van der Waals surface area contributed by atoms with E-state index in [9.17, 15) is 13.2 Å². The number of hydrogen-bond donors (Lipinski definition) is 2. The van der Waals surface area contributed by atoms with Gasteiger partial charge in [0, 0.05) is 37.7 Å². The van der Waals surface area contributed by atoms with E-state index >= 15 is 0 Å². The van der Waals surface area contributed by atoms with Gasteiger partial charge in [0.1, 0.15) is 22.9 Å². The van der Waals surface area contributed by atoms with Crippen LogP contribution < -0.4 is 11.1 Å². The summed E-state index contributed by atoms with van der Waals surface area (Å²) in [6, 6.07) is 3.62. The first-order valence-corrected chi connectivity index (χ1v) is 12.1. The van der Waals surface area contributed by atoms with Crippen molar-refractivity contribution in [2.45, 2.75) is 50.0 Å². The SMILES string of the molecule is CN=C(C=CN)Nc1cc(-c2cc3n(c2)C[C@@H](OC)Cn2c-3nnc2C2(C(F)(F)F)CCC2)c(Cl)cn1. The Bertz CT molecular complexity index is 1370. The Labute approximate surface area is 216 Å². The number of rotatable bonds is 5. The highest BCUT2D eigenvalue weighted by molar-refractivity contribution is 6.33. The molecule has 3 N–H and O–H groups in total. The van der Waals surface area contributed by atoms with Gasteiger partial charge in [-0.3, -0.25) is 4.99 Å². The standard InChI is InChI=1S/C24H26ClF3N8O/c1-30-19(4-7-29)32-20-9-16(17(25)10-31-20)14-8-18-21-33-34-22(23(5-3-6-23)24(26,27)28)36(21)13-15(37-2)12-35(18)11-14/h4,7-11,15H,3,5-6,12-13,29H2,1-2H3,(H,30,31,32)/t15-/m1/s1. The number of anilines is 1. The predicted molar refractivity (Wildman–Crippen MR) is 134 cm³/mol. The highest BCUT2D eigenvalue weighted by atomic mass is 35.5. The molecule has 1 atom stereocenters. The van der Waals surface area contributed by atoms with Gasteiger partial charge in [-0.1, -0.05) is 18.0 Å². The Morgan fingerprint density at radius 1 is 1.30 bits per heavy atom. The van der Waals surface area contributed by atoms with Gasteiger partial charge in [-0.05, 0) is 37.3 Å². The van der Waals surface area contributed by atoms with Crippen molar-refractivity contribution in [1.29, 1.82) is 0 Å². The Morgan fingerprint density at radius 2 is 2.08 bits per heavy atom. The molecule has 2 aliphatic rings. The molecule has 5 rings (SSSR count). The lowest BCUT2D eigenvalue weighted by atomic mass is 9.67. The molecule has 37 heavy (non-hydrogen) atoms. The predicted octanol–water partition coefficient (Wildman–Crippen LogP) is 4.39. The number of ether oxygens (including phenoxy) is 1. The molecule has 0 unspecified atom stereocenters. The molecule has 3 aromatic heterocycles. The van der Waals surface area contributed by atoms with Crippen LogP contribution in [0.5, 0.6) is 0 Å². The first kappa shape index (κ1) is 25.3. The summed E-state index contributed by atoms with van der Waals surface area (Å²) >= 11 is 6.51. The quantitative estimate of drug-likeness (QED) is 0.371. The minimum absolute atomic E-state index is 0.00331. The minimum Gasteiger partial charge on any atom is -0.404 e. The Morgan fingerprint density at radius 3 is 2.70 bits per heavy atom. The summed E-state index contributed by atoms with van der Waals surface area (Å²) in [5.41, 5.74) is 5.55. The van der Waals surface area contributed by atoms with Gasteiger partial charge in [0.25, 0.3) is 0 Å². The monoisotopic (exact) mass is 534 g/mol. The van der Waals surface area contributed by atoms with Crippen molar-refractivity contribution in [2.24, 2.45) is 10.7 Å². The van der Waals surface area contributed by atoms with Gasteiger partial charge in [0.15, 0.2) is 5.82 Å². The molecule has 0 bridgehead atoms. The van der Waals surface area contributed by atoms with Gasteiger partial charge in [-0.15, -0.1) is 10.2 Å². The first-order chi connectivity index (χ1) is 17.7. The van der Waals surface area contributed by atoms with Crippen LogP contribution in [0.4, 0.5) is 19.0 Å². The molecule has 0 radical (unpaired) electrons. The molecule has 4 heterocycles. The third-order valence-corrected chi connectivity index (χ3v) is 7.39. The molecule has 1 aliphatic heterocycles. The fraction of sp³-hybridized carbons (Fsp3) is 0.417. The number of nitrogens with one attached hydrogen (secondary N) is 1. The van der Waals surface area contributed by atoms with Crippen molar-refractivity contribution >= 4 is 23.3 Å². The fourth-order valence-corrected chi connectivity index (χ4v) is 5.14. The van der Waals surface area contributed by atoms with Crippen molar-refractivity contribution in [3.63, 3.8) is 0 Å². The van der Waals surface area contributed by atoms with Crippen LogP contribution in [-0.4, -0.2) is 56.6 Å². The third kappa shape index (κ3) is 4.27. The van der Waals surface area contributed by atoms with Crippen molar-refractivity contribution in [3.05, 3.63) is 47.6 Å². The van der Waals surface area contributed by atoms with Gasteiger partial charge in [0.2, 0.25) is 0 Å². The van der Waals surface area contributed by atoms with Gasteiger partial charge in [0.05, 0.1) is 29.9 Å². The van der Waals surface area contributed by atoms with Crippen molar-refractivity contribution in [1.82, 2.24) is 24.3 Å². The summed E-state index contributed by atoms with van der Waals surface area (Å²) in [4.78, 5) is 8.41. The summed E-state index contributed by atoms with van der Waals surface area (Å²) in [5, 5.41) is 11.8. The third-order valence-electron chi connectivity index (χ3n) is 7.09. The maximum absolute atomic E-state index is 14.2. The molecule has 3 aromatic rings. The first-order valence-electron chi connectivity index (χ1n) is 11.7. The number of methoxy groups -OCH3 is 1. The average Bonchev–Trinajstić information content (AvgIpc) is 3.38. The van der Waals surface area contributed by atoms with Crippen molar-refractivity contribution in [2.75, 3.05) is 19.5 Å². The number of fused-ring (bicyclic) bond motifs is 3. The molecule has 1 saturated carbocycles. The number of pyridine rings is 1. The van der Waals surface area contributed by atoms with Crippen LogP contribution in [-0.2, 0) is 23.2 Å². The summed E-state index contributed by atoms with van der Waals surface area (Å²) in [6.45, 7) is 0.649. The molecular formula is C24H26ClF3N8O. The lowest BCUT2D eigenvalue weighted by Crippen LogP contribution is -2.50. The van der Waals surface area contributed by atoms with E-state index < -0.39 is 11.6 Å². The summed E-state index contributed by atoms with van der Waals surface area (Å²) in [5.74, 6) is 1.33. The highest BCUT2D eigenvalue weighted by Gasteiger charge is 2.62. The second-order valence-electron chi connectivity index (χ2n) is 9.16. The highest BCUT2D eigenvalue weighted by Crippen LogP contribution is 2.54. The molecule has 1 aliphatic carbocycles. The van der Waals surface area contributed by atoms with E-state index in [1.54, 1.807) is 30.9 Å². The number of aromatic nitrogens is 5.